The third-order valence-electron chi connectivity index (χ3n) is 2.59. The lowest BCUT2D eigenvalue weighted by Crippen LogP contribution is -2.18. The fourth-order valence-electron chi connectivity index (χ4n) is 1.72. The van der Waals surface area contributed by atoms with E-state index >= 15 is 0 Å². The number of thiol groups is 1. The van der Waals surface area contributed by atoms with E-state index in [4.69, 9.17) is 4.18 Å². The molecule has 0 N–H and O–H groups in total. The molecule has 0 saturated carbocycles. The third-order valence-corrected chi connectivity index (χ3v) is 5.68. The SMILES string of the molecule is O=P(COS)(c1ccccc1)c1ccccc1. The summed E-state index contributed by atoms with van der Waals surface area (Å²) in [7, 11) is -2.72. The van der Waals surface area contributed by atoms with Crippen LogP contribution in [0.3, 0.4) is 0 Å². The lowest BCUT2D eigenvalue weighted by molar-refractivity contribution is 0.452. The van der Waals surface area contributed by atoms with Gasteiger partial charge in [0.25, 0.3) is 0 Å². The Kier molecular flexibility index (Phi) is 4.06. The standard InChI is InChI=1S/C13H13O2PS/c14-16(11-15-17,12-7-3-1-4-8-12)13-9-5-2-6-10-13/h1-10,17H,11H2. The van der Waals surface area contributed by atoms with Crippen molar-refractivity contribution in [2.75, 3.05) is 6.35 Å². The Morgan fingerprint density at radius 1 is 0.882 bits per heavy atom. The highest BCUT2D eigenvalue weighted by Crippen LogP contribution is 2.43. The molecule has 0 bridgehead atoms. The molecule has 2 aromatic carbocycles. The summed E-state index contributed by atoms with van der Waals surface area (Å²) in [5.74, 6) is 0. The van der Waals surface area contributed by atoms with Crippen LogP contribution in [0.4, 0.5) is 0 Å². The lowest BCUT2D eigenvalue weighted by atomic mass is 10.4. The zero-order valence-electron chi connectivity index (χ0n) is 9.19. The van der Waals surface area contributed by atoms with Crippen LogP contribution in [0.15, 0.2) is 60.7 Å². The van der Waals surface area contributed by atoms with E-state index in [2.05, 4.69) is 12.9 Å². The average molecular weight is 264 g/mol. The molecule has 0 amide bonds. The number of hydrogen-bond acceptors (Lipinski definition) is 3. The fourth-order valence-corrected chi connectivity index (χ4v) is 4.27. The molecule has 4 heteroatoms. The smallest absolute Gasteiger partial charge is 0.168 e. The molecule has 0 heterocycles. The van der Waals surface area contributed by atoms with Crippen LogP contribution in [-0.4, -0.2) is 6.35 Å². The van der Waals surface area contributed by atoms with Crippen molar-refractivity contribution in [2.45, 2.75) is 0 Å². The van der Waals surface area contributed by atoms with Gasteiger partial charge in [0.1, 0.15) is 6.35 Å². The van der Waals surface area contributed by atoms with Crippen LogP contribution in [0.2, 0.25) is 0 Å². The summed E-state index contributed by atoms with van der Waals surface area (Å²) in [6.07, 6.45) is 0.101. The third kappa shape index (κ3) is 2.63. The van der Waals surface area contributed by atoms with Crippen LogP contribution in [-0.2, 0) is 8.75 Å². The van der Waals surface area contributed by atoms with Crippen LogP contribution in [0.25, 0.3) is 0 Å². The van der Waals surface area contributed by atoms with Crippen molar-refractivity contribution in [1.29, 1.82) is 0 Å². The first-order valence-electron chi connectivity index (χ1n) is 5.24. The molecule has 0 unspecified atom stereocenters. The molecule has 2 nitrogen and oxygen atoms in total. The molecular weight excluding hydrogens is 251 g/mol. The van der Waals surface area contributed by atoms with Crippen molar-refractivity contribution in [1.82, 2.24) is 0 Å². The second-order valence-electron chi connectivity index (χ2n) is 3.67. The molecule has 0 aliphatic carbocycles. The van der Waals surface area contributed by atoms with E-state index in [-0.39, 0.29) is 6.35 Å². The number of benzene rings is 2. The molecule has 0 atom stereocenters. The van der Waals surface area contributed by atoms with Crippen LogP contribution in [0.5, 0.6) is 0 Å². The van der Waals surface area contributed by atoms with Crippen LogP contribution in [0, 0.1) is 0 Å². The van der Waals surface area contributed by atoms with Gasteiger partial charge in [-0.2, -0.15) is 0 Å². The molecule has 17 heavy (non-hydrogen) atoms. The minimum Gasteiger partial charge on any atom is -0.311 e. The van der Waals surface area contributed by atoms with Crippen molar-refractivity contribution >= 4 is 30.7 Å². The van der Waals surface area contributed by atoms with Crippen LogP contribution >= 0.6 is 20.1 Å². The topological polar surface area (TPSA) is 26.3 Å². The molecule has 0 fully saturated rings. The Balaban J connectivity index is 2.51. The van der Waals surface area contributed by atoms with Gasteiger partial charge in [-0.15, -0.1) is 0 Å². The summed E-state index contributed by atoms with van der Waals surface area (Å²) in [5, 5.41) is 1.58. The van der Waals surface area contributed by atoms with Crippen molar-refractivity contribution in [3.63, 3.8) is 0 Å². The van der Waals surface area contributed by atoms with Gasteiger partial charge in [0.2, 0.25) is 0 Å². The summed E-state index contributed by atoms with van der Waals surface area (Å²) in [4.78, 5) is 0. The molecule has 0 aliphatic heterocycles. The monoisotopic (exact) mass is 264 g/mol. The Hall–Kier alpha value is -1.02. The maximum absolute atomic E-state index is 13.0. The van der Waals surface area contributed by atoms with Gasteiger partial charge in [-0.1, -0.05) is 60.7 Å². The van der Waals surface area contributed by atoms with E-state index in [0.29, 0.717) is 0 Å². The maximum Gasteiger partial charge on any atom is 0.168 e. The van der Waals surface area contributed by atoms with Crippen molar-refractivity contribution < 1.29 is 8.75 Å². The first kappa shape index (κ1) is 12.4. The summed E-state index contributed by atoms with van der Waals surface area (Å²) < 4.78 is 17.9. The summed E-state index contributed by atoms with van der Waals surface area (Å²) >= 11 is 3.74. The largest absolute Gasteiger partial charge is 0.311 e. The fraction of sp³-hybridized carbons (Fsp3) is 0.0769. The van der Waals surface area contributed by atoms with Gasteiger partial charge >= 0.3 is 0 Å². The van der Waals surface area contributed by atoms with E-state index in [1.807, 2.05) is 60.7 Å². The normalized spacial score (nSPS) is 11.4. The van der Waals surface area contributed by atoms with Crippen LogP contribution < -0.4 is 10.6 Å². The molecule has 0 aromatic heterocycles. The second kappa shape index (κ2) is 5.54. The van der Waals surface area contributed by atoms with Crippen LogP contribution in [0.1, 0.15) is 0 Å². The first-order valence-corrected chi connectivity index (χ1v) is 7.50. The summed E-state index contributed by atoms with van der Waals surface area (Å²) in [5.41, 5.74) is 0. The zero-order valence-corrected chi connectivity index (χ0v) is 11.0. The van der Waals surface area contributed by atoms with Gasteiger partial charge in [0.05, 0.1) is 0 Å². The van der Waals surface area contributed by atoms with Gasteiger partial charge in [-0.05, 0) is 12.9 Å². The van der Waals surface area contributed by atoms with Crippen molar-refractivity contribution in [3.05, 3.63) is 60.7 Å². The molecular formula is C13H13O2PS. The first-order chi connectivity index (χ1) is 8.27. The van der Waals surface area contributed by atoms with Gasteiger partial charge in [-0.3, -0.25) is 0 Å². The highest BCUT2D eigenvalue weighted by Gasteiger charge is 2.26. The predicted molar refractivity (Wildman–Crippen MR) is 74.7 cm³/mol. The quantitative estimate of drug-likeness (QED) is 0.522. The zero-order chi connectivity index (χ0) is 12.1. The molecule has 0 radical (unpaired) electrons. The highest BCUT2D eigenvalue weighted by atomic mass is 32.1. The average Bonchev–Trinajstić information content (AvgIpc) is 2.41. The van der Waals surface area contributed by atoms with Gasteiger partial charge in [0, 0.05) is 10.6 Å². The second-order valence-corrected chi connectivity index (χ2v) is 6.70. The Morgan fingerprint density at radius 3 is 1.65 bits per heavy atom. The Morgan fingerprint density at radius 2 is 1.29 bits per heavy atom. The predicted octanol–water partition coefficient (Wildman–Crippen LogP) is 2.82. The van der Waals surface area contributed by atoms with Crippen molar-refractivity contribution in [3.8, 4) is 0 Å². The summed E-state index contributed by atoms with van der Waals surface area (Å²) in [6, 6.07) is 18.8. The van der Waals surface area contributed by atoms with Gasteiger partial charge < -0.3 is 8.75 Å². The van der Waals surface area contributed by atoms with E-state index in [0.717, 1.165) is 10.6 Å². The number of hydrogen-bond donors (Lipinski definition) is 1. The van der Waals surface area contributed by atoms with E-state index < -0.39 is 7.14 Å². The van der Waals surface area contributed by atoms with Gasteiger partial charge in [-0.25, -0.2) is 0 Å². The molecule has 2 rings (SSSR count). The Labute approximate surface area is 107 Å². The van der Waals surface area contributed by atoms with E-state index in [1.165, 1.54) is 0 Å². The van der Waals surface area contributed by atoms with Crippen molar-refractivity contribution in [2.24, 2.45) is 0 Å². The molecule has 2 aromatic rings. The molecule has 0 spiro atoms. The van der Waals surface area contributed by atoms with E-state index in [9.17, 15) is 4.57 Å². The highest BCUT2D eigenvalue weighted by molar-refractivity contribution is 7.80. The Bertz CT molecular complexity index is 470. The number of rotatable bonds is 4. The summed E-state index contributed by atoms with van der Waals surface area (Å²) in [6.45, 7) is 0. The molecule has 88 valence electrons. The van der Waals surface area contributed by atoms with Gasteiger partial charge in [0.15, 0.2) is 7.14 Å². The lowest BCUT2D eigenvalue weighted by Gasteiger charge is -2.17. The molecule has 0 aliphatic rings. The maximum atomic E-state index is 13.0. The minimum atomic E-state index is -2.72. The molecule has 0 saturated heterocycles. The minimum absolute atomic E-state index is 0.101. The van der Waals surface area contributed by atoms with E-state index in [1.54, 1.807) is 0 Å².